The van der Waals surface area contributed by atoms with Gasteiger partial charge in [0.2, 0.25) is 10.0 Å². The Labute approximate surface area is 145 Å². The van der Waals surface area contributed by atoms with Crippen molar-refractivity contribution in [1.29, 1.82) is 0 Å². The fourth-order valence-electron chi connectivity index (χ4n) is 2.81. The highest BCUT2D eigenvalue weighted by atomic mass is 32.2. The van der Waals surface area contributed by atoms with Crippen molar-refractivity contribution in [1.82, 2.24) is 9.21 Å². The van der Waals surface area contributed by atoms with Gasteiger partial charge in [-0.3, -0.25) is 0 Å². The Morgan fingerprint density at radius 2 is 1.79 bits per heavy atom. The normalized spacial score (nSPS) is 20.8. The lowest BCUT2D eigenvalue weighted by atomic mass is 10.1. The van der Waals surface area contributed by atoms with Crippen LogP contribution >= 0.6 is 0 Å². The number of benzene rings is 1. The molecule has 0 unspecified atom stereocenters. The van der Waals surface area contributed by atoms with E-state index in [-0.39, 0.29) is 22.9 Å². The van der Waals surface area contributed by atoms with Crippen LogP contribution in [0.25, 0.3) is 0 Å². The highest BCUT2D eigenvalue weighted by Gasteiger charge is 2.38. The van der Waals surface area contributed by atoms with Crippen molar-refractivity contribution in [3.8, 4) is 0 Å². The van der Waals surface area contributed by atoms with Crippen LogP contribution in [0.2, 0.25) is 0 Å². The van der Waals surface area contributed by atoms with E-state index < -0.39 is 25.9 Å². The molecule has 0 amide bonds. The van der Waals surface area contributed by atoms with Crippen LogP contribution in [0.4, 0.5) is 0 Å². The van der Waals surface area contributed by atoms with Gasteiger partial charge in [0.05, 0.1) is 16.4 Å². The predicted octanol–water partition coefficient (Wildman–Crippen LogP) is 1.04. The van der Waals surface area contributed by atoms with Crippen molar-refractivity contribution in [2.45, 2.75) is 31.2 Å². The summed E-state index contributed by atoms with van der Waals surface area (Å²) in [5, 5.41) is 0. The number of nitrogens with zero attached hydrogens (tertiary/aromatic N) is 2. The average molecular weight is 375 g/mol. The maximum absolute atomic E-state index is 13.1. The summed E-state index contributed by atoms with van der Waals surface area (Å²) in [6.45, 7) is 4.63. The first-order valence-electron chi connectivity index (χ1n) is 7.97. The number of hydrogen-bond donors (Lipinski definition) is 0. The lowest BCUT2D eigenvalue weighted by molar-refractivity contribution is 0.293. The quantitative estimate of drug-likeness (QED) is 0.744. The summed E-state index contributed by atoms with van der Waals surface area (Å²) in [5.74, 6) is -0.0386. The van der Waals surface area contributed by atoms with Crippen LogP contribution < -0.4 is 0 Å². The molecule has 0 radical (unpaired) electrons. The lowest BCUT2D eigenvalue weighted by Gasteiger charge is -2.28. The van der Waals surface area contributed by atoms with Gasteiger partial charge in [-0.2, -0.15) is 4.31 Å². The summed E-state index contributed by atoms with van der Waals surface area (Å²) in [4.78, 5) is 2.13. The van der Waals surface area contributed by atoms with Gasteiger partial charge in [0, 0.05) is 19.1 Å². The highest BCUT2D eigenvalue weighted by molar-refractivity contribution is 7.92. The Balaban J connectivity index is 2.38. The molecular weight excluding hydrogens is 348 g/mol. The Kier molecular flexibility index (Phi) is 5.74. The zero-order valence-electron chi connectivity index (χ0n) is 14.7. The first kappa shape index (κ1) is 19.4. The summed E-state index contributed by atoms with van der Waals surface area (Å²) in [6, 6.07) is 4.57. The van der Waals surface area contributed by atoms with Crippen molar-refractivity contribution < 1.29 is 16.8 Å². The second-order valence-corrected chi connectivity index (χ2v) is 10.8. The molecule has 1 aliphatic heterocycles. The van der Waals surface area contributed by atoms with Gasteiger partial charge in [-0.15, -0.1) is 0 Å². The molecule has 136 valence electrons. The number of likely N-dealkylation sites (N-methyl/N-ethyl adjacent to an activating group) is 1. The van der Waals surface area contributed by atoms with Crippen LogP contribution in [0.1, 0.15) is 17.5 Å². The molecule has 2 rings (SSSR count). The van der Waals surface area contributed by atoms with Crippen LogP contribution in [-0.4, -0.2) is 70.8 Å². The summed E-state index contributed by atoms with van der Waals surface area (Å²) in [7, 11) is -3.15. The molecule has 1 heterocycles. The third-order valence-electron chi connectivity index (χ3n) is 4.47. The Morgan fingerprint density at radius 1 is 1.12 bits per heavy atom. The summed E-state index contributed by atoms with van der Waals surface area (Å²) < 4.78 is 51.2. The molecule has 8 heteroatoms. The van der Waals surface area contributed by atoms with E-state index in [1.165, 1.54) is 4.31 Å². The Bertz CT molecular complexity index is 801. The fraction of sp³-hybridized carbons (Fsp3) is 0.625. The fourth-order valence-corrected chi connectivity index (χ4v) is 6.37. The van der Waals surface area contributed by atoms with Crippen molar-refractivity contribution >= 4 is 19.9 Å². The Morgan fingerprint density at radius 3 is 2.29 bits per heavy atom. The molecular formula is C16H26N2O4S2. The first-order valence-corrected chi connectivity index (χ1v) is 11.2. The van der Waals surface area contributed by atoms with Gasteiger partial charge >= 0.3 is 0 Å². The van der Waals surface area contributed by atoms with Crippen molar-refractivity contribution in [3.63, 3.8) is 0 Å². The second-order valence-electron chi connectivity index (χ2n) is 6.72. The monoisotopic (exact) mass is 374 g/mol. The van der Waals surface area contributed by atoms with Gasteiger partial charge in [0.1, 0.15) is 0 Å². The van der Waals surface area contributed by atoms with Crippen LogP contribution in [0.15, 0.2) is 23.1 Å². The van der Waals surface area contributed by atoms with Crippen molar-refractivity contribution in [2.24, 2.45) is 0 Å². The molecule has 1 atom stereocenters. The molecule has 0 aliphatic carbocycles. The van der Waals surface area contributed by atoms with Gasteiger partial charge < -0.3 is 4.90 Å². The van der Waals surface area contributed by atoms with Gasteiger partial charge in [-0.25, -0.2) is 16.8 Å². The summed E-state index contributed by atoms with van der Waals surface area (Å²) in [5.41, 5.74) is 1.93. The standard InChI is InChI=1S/C16H26N2O4S2/c1-13-5-6-16(11-14(13)2)24(21,22)18(9-8-17(3)4)15-7-10-23(19,20)12-15/h5-6,11,15H,7-10,12H2,1-4H3/t15-/m1/s1. The minimum absolute atomic E-state index is 0.0541. The number of aryl methyl sites for hydroxylation is 2. The summed E-state index contributed by atoms with van der Waals surface area (Å²) >= 11 is 0. The number of rotatable bonds is 6. The maximum atomic E-state index is 13.1. The molecule has 1 aromatic rings. The highest BCUT2D eigenvalue weighted by Crippen LogP contribution is 2.26. The smallest absolute Gasteiger partial charge is 0.243 e. The van der Waals surface area contributed by atoms with E-state index in [1.807, 2.05) is 32.8 Å². The largest absolute Gasteiger partial charge is 0.308 e. The van der Waals surface area contributed by atoms with E-state index >= 15 is 0 Å². The zero-order valence-corrected chi connectivity index (χ0v) is 16.3. The molecule has 1 aromatic carbocycles. The van der Waals surface area contributed by atoms with E-state index in [4.69, 9.17) is 0 Å². The molecule has 0 aromatic heterocycles. The van der Waals surface area contributed by atoms with Crippen LogP contribution in [0, 0.1) is 13.8 Å². The molecule has 24 heavy (non-hydrogen) atoms. The number of sulfone groups is 1. The van der Waals surface area contributed by atoms with E-state index in [2.05, 4.69) is 0 Å². The van der Waals surface area contributed by atoms with Gasteiger partial charge in [-0.05, 0) is 57.6 Å². The third-order valence-corrected chi connectivity index (χ3v) is 8.17. The van der Waals surface area contributed by atoms with E-state index in [0.717, 1.165) is 11.1 Å². The van der Waals surface area contributed by atoms with Crippen molar-refractivity contribution in [2.75, 3.05) is 38.7 Å². The molecule has 0 saturated carbocycles. The van der Waals surface area contributed by atoms with E-state index in [0.29, 0.717) is 13.0 Å². The number of hydrogen-bond acceptors (Lipinski definition) is 5. The van der Waals surface area contributed by atoms with Crippen LogP contribution in [0.5, 0.6) is 0 Å². The van der Waals surface area contributed by atoms with E-state index in [1.54, 1.807) is 18.2 Å². The maximum Gasteiger partial charge on any atom is 0.243 e. The average Bonchev–Trinajstić information content (AvgIpc) is 2.81. The molecule has 1 saturated heterocycles. The van der Waals surface area contributed by atoms with E-state index in [9.17, 15) is 16.8 Å². The molecule has 6 nitrogen and oxygen atoms in total. The summed E-state index contributed by atoms with van der Waals surface area (Å²) in [6.07, 6.45) is 0.361. The number of sulfonamides is 1. The zero-order chi connectivity index (χ0) is 18.1. The minimum Gasteiger partial charge on any atom is -0.308 e. The molecule has 0 spiro atoms. The third kappa shape index (κ3) is 4.36. The second kappa shape index (κ2) is 7.11. The van der Waals surface area contributed by atoms with Gasteiger partial charge in [-0.1, -0.05) is 6.07 Å². The SMILES string of the molecule is Cc1ccc(S(=O)(=O)N(CCN(C)C)[C@@H]2CCS(=O)(=O)C2)cc1C. The molecule has 1 fully saturated rings. The van der Waals surface area contributed by atoms with Crippen molar-refractivity contribution in [3.05, 3.63) is 29.3 Å². The topological polar surface area (TPSA) is 74.8 Å². The van der Waals surface area contributed by atoms with Gasteiger partial charge in [0.25, 0.3) is 0 Å². The molecule has 0 N–H and O–H groups in total. The molecule has 0 bridgehead atoms. The lowest BCUT2D eigenvalue weighted by Crippen LogP contribution is -2.44. The van der Waals surface area contributed by atoms with Crippen LogP contribution in [0.3, 0.4) is 0 Å². The molecule has 1 aliphatic rings. The first-order chi connectivity index (χ1) is 11.0. The van der Waals surface area contributed by atoms with Gasteiger partial charge in [0.15, 0.2) is 9.84 Å². The predicted molar refractivity (Wildman–Crippen MR) is 95.4 cm³/mol. The Hall–Kier alpha value is -0.960. The minimum atomic E-state index is -3.73. The van der Waals surface area contributed by atoms with Crippen LogP contribution in [-0.2, 0) is 19.9 Å².